The number of aliphatic hydroxyl groups excluding tert-OH is 1. The number of rotatable bonds is 8. The number of carbonyl (C=O) groups excluding carboxylic acids is 2. The van der Waals surface area contributed by atoms with Crippen LogP contribution in [0.15, 0.2) is 11.1 Å². The zero-order valence-corrected chi connectivity index (χ0v) is 31.3. The number of piperidine rings is 1. The van der Waals surface area contributed by atoms with Gasteiger partial charge in [-0.1, -0.05) is 47.1 Å². The lowest BCUT2D eigenvalue weighted by Gasteiger charge is -2.69. The van der Waals surface area contributed by atoms with E-state index in [0.717, 1.165) is 64.6 Å². The highest BCUT2D eigenvalue weighted by molar-refractivity contribution is 6.00. The molecule has 0 aromatic carbocycles. The molecule has 0 amide bonds. The summed E-state index contributed by atoms with van der Waals surface area (Å²) in [4.78, 5) is 41.1. The molecule has 0 aromatic rings. The van der Waals surface area contributed by atoms with Crippen LogP contribution in [0, 0.1) is 56.7 Å². The zero-order chi connectivity index (χ0) is 35.0. The summed E-state index contributed by atoms with van der Waals surface area (Å²) in [7, 11) is 0. The van der Waals surface area contributed by atoms with Gasteiger partial charge in [-0.15, -0.1) is 0 Å². The number of hydrogen-bond acceptors (Lipinski definition) is 6. The van der Waals surface area contributed by atoms with Crippen molar-refractivity contribution in [2.24, 2.45) is 56.7 Å². The quantitative estimate of drug-likeness (QED) is 0.254. The lowest BCUT2D eigenvalue weighted by atomic mass is 9.36. The van der Waals surface area contributed by atoms with E-state index in [2.05, 4.69) is 46.4 Å². The van der Waals surface area contributed by atoms with Crippen LogP contribution in [-0.4, -0.2) is 64.7 Å². The maximum atomic E-state index is 13.9. The third kappa shape index (κ3) is 5.83. The summed E-state index contributed by atoms with van der Waals surface area (Å²) in [6.45, 7) is 20.2. The number of esters is 1. The van der Waals surface area contributed by atoms with Gasteiger partial charge in [0.25, 0.3) is 0 Å². The van der Waals surface area contributed by atoms with Crippen molar-refractivity contribution in [1.29, 1.82) is 0 Å². The molecule has 5 aliphatic carbocycles. The molecule has 5 fully saturated rings. The van der Waals surface area contributed by atoms with Crippen molar-refractivity contribution in [2.45, 2.75) is 151 Å². The number of allylic oxidation sites excluding steroid dienone is 2. The highest BCUT2D eigenvalue weighted by Crippen LogP contribution is 2.73. The monoisotopic (exact) mass is 667 g/mol. The van der Waals surface area contributed by atoms with E-state index in [1.807, 2.05) is 0 Å². The molecule has 0 spiro atoms. The number of aliphatic hydroxyl groups is 1. The lowest BCUT2D eigenvalue weighted by Crippen LogP contribution is -2.63. The Morgan fingerprint density at radius 3 is 2.33 bits per heavy atom. The Labute approximate surface area is 290 Å². The average Bonchev–Trinajstić information content (AvgIpc) is 3.29. The standard InChI is InChI=1S/C41H65NO6/c1-25(2)34-29(44)22-41(19-21-42-20-9-10-26(43)24-42)18-13-28-27(35(34)41)11-12-31-39(28,7)16-14-30-38(5,6)32(15-17-40(30,31)8)48-33(45)23-37(3,4)36(46)47/h25-28,30-32,43H,9-24H2,1-8H3,(H,46,47). The summed E-state index contributed by atoms with van der Waals surface area (Å²) in [6, 6.07) is 0. The molecule has 1 saturated heterocycles. The Bertz CT molecular complexity index is 1330. The zero-order valence-electron chi connectivity index (χ0n) is 31.3. The summed E-state index contributed by atoms with van der Waals surface area (Å²) < 4.78 is 6.15. The number of likely N-dealkylation sites (tertiary alicyclic amines) is 1. The first-order valence-corrected chi connectivity index (χ1v) is 19.5. The number of nitrogens with zero attached hydrogens (tertiary/aromatic N) is 1. The number of aliphatic carboxylic acids is 1. The van der Waals surface area contributed by atoms with E-state index < -0.39 is 17.4 Å². The van der Waals surface area contributed by atoms with E-state index in [1.54, 1.807) is 19.4 Å². The van der Waals surface area contributed by atoms with Crippen molar-refractivity contribution in [1.82, 2.24) is 4.90 Å². The Balaban J connectivity index is 1.23. The SMILES string of the molecule is CC(C)C1=C2C3CCC4C(C)(CCC5C(C)(C)C(OC(=O)CC(C)(C)C(=O)O)CCC54C)C3CCC2(CCN2CCCC(O)C2)CC1=O. The van der Waals surface area contributed by atoms with Gasteiger partial charge in [0.2, 0.25) is 0 Å². The van der Waals surface area contributed by atoms with Gasteiger partial charge in [-0.25, -0.2) is 0 Å². The fraction of sp³-hybridized carbons (Fsp3) is 0.878. The molecule has 4 saturated carbocycles. The number of carboxylic acid groups (broad SMARTS) is 1. The van der Waals surface area contributed by atoms with E-state index in [4.69, 9.17) is 4.74 Å². The first kappa shape index (κ1) is 36.1. The molecule has 9 unspecified atom stereocenters. The molecule has 0 radical (unpaired) electrons. The van der Waals surface area contributed by atoms with E-state index >= 15 is 0 Å². The summed E-state index contributed by atoms with van der Waals surface area (Å²) in [6.07, 6.45) is 12.0. The molecule has 48 heavy (non-hydrogen) atoms. The first-order valence-electron chi connectivity index (χ1n) is 19.5. The highest BCUT2D eigenvalue weighted by Gasteiger charge is 2.66. The van der Waals surface area contributed by atoms with Crippen LogP contribution in [0.1, 0.15) is 139 Å². The number of ketones is 1. The van der Waals surface area contributed by atoms with E-state index in [-0.39, 0.29) is 46.2 Å². The van der Waals surface area contributed by atoms with Crippen LogP contribution in [0.25, 0.3) is 0 Å². The highest BCUT2D eigenvalue weighted by atomic mass is 16.5. The van der Waals surface area contributed by atoms with E-state index in [0.29, 0.717) is 35.9 Å². The predicted octanol–water partition coefficient (Wildman–Crippen LogP) is 7.84. The van der Waals surface area contributed by atoms with Crippen molar-refractivity contribution < 1.29 is 29.3 Å². The van der Waals surface area contributed by atoms with Crippen molar-refractivity contribution >= 4 is 17.7 Å². The summed E-state index contributed by atoms with van der Waals surface area (Å²) in [5, 5.41) is 19.9. The summed E-state index contributed by atoms with van der Waals surface area (Å²) in [5.74, 6) is 1.38. The summed E-state index contributed by atoms with van der Waals surface area (Å²) >= 11 is 0. The topological polar surface area (TPSA) is 104 Å². The number of fused-ring (bicyclic) bond motifs is 7. The second-order valence-corrected chi connectivity index (χ2v) is 19.4. The number of hydrogen-bond donors (Lipinski definition) is 2. The van der Waals surface area contributed by atoms with Crippen molar-refractivity contribution in [3.8, 4) is 0 Å². The van der Waals surface area contributed by atoms with Gasteiger partial charge in [0.15, 0.2) is 5.78 Å². The molecular formula is C41H65NO6. The van der Waals surface area contributed by atoms with Crippen LogP contribution in [0.2, 0.25) is 0 Å². The number of ether oxygens (including phenoxy) is 1. The van der Waals surface area contributed by atoms with Gasteiger partial charge in [0.1, 0.15) is 6.10 Å². The first-order chi connectivity index (χ1) is 22.4. The number of carbonyl (C=O) groups is 3. The summed E-state index contributed by atoms with van der Waals surface area (Å²) in [5.41, 5.74) is 1.74. The molecule has 1 heterocycles. The third-order valence-corrected chi connectivity index (χ3v) is 15.5. The molecule has 9 atom stereocenters. The predicted molar refractivity (Wildman–Crippen MR) is 187 cm³/mol. The van der Waals surface area contributed by atoms with Crippen LogP contribution in [0.5, 0.6) is 0 Å². The fourth-order valence-corrected chi connectivity index (χ4v) is 13.2. The molecule has 7 nitrogen and oxygen atoms in total. The number of Topliss-reactive ketones (excluding diaryl/α,β-unsaturated/α-hetero) is 1. The van der Waals surface area contributed by atoms with Crippen LogP contribution in [-0.2, 0) is 19.1 Å². The molecule has 1 aliphatic heterocycles. The largest absolute Gasteiger partial charge is 0.481 e. The van der Waals surface area contributed by atoms with Gasteiger partial charge in [-0.05, 0) is 144 Å². The normalized spacial score (nSPS) is 41.3. The van der Waals surface area contributed by atoms with E-state index in [9.17, 15) is 24.6 Å². The Morgan fingerprint density at radius 2 is 1.67 bits per heavy atom. The molecular weight excluding hydrogens is 602 g/mol. The molecule has 270 valence electrons. The Morgan fingerprint density at radius 1 is 0.958 bits per heavy atom. The molecule has 0 bridgehead atoms. The lowest BCUT2D eigenvalue weighted by molar-refractivity contribution is -0.214. The minimum absolute atomic E-state index is 0.0102. The molecule has 0 aromatic heterocycles. The van der Waals surface area contributed by atoms with Gasteiger partial charge in [0.05, 0.1) is 17.9 Å². The van der Waals surface area contributed by atoms with Gasteiger partial charge in [-0.3, -0.25) is 14.4 Å². The molecule has 6 aliphatic rings. The minimum atomic E-state index is -1.14. The van der Waals surface area contributed by atoms with Crippen LogP contribution in [0.4, 0.5) is 0 Å². The Kier molecular flexibility index (Phi) is 9.39. The second-order valence-electron chi connectivity index (χ2n) is 19.4. The number of β-amino-alcohol motifs (C(OH)–C–C–N with tert-alkyl or cyclic N) is 1. The van der Waals surface area contributed by atoms with Gasteiger partial charge in [0, 0.05) is 23.8 Å². The maximum Gasteiger partial charge on any atom is 0.309 e. The smallest absolute Gasteiger partial charge is 0.309 e. The van der Waals surface area contributed by atoms with Crippen LogP contribution in [0.3, 0.4) is 0 Å². The van der Waals surface area contributed by atoms with Crippen molar-refractivity contribution in [3.63, 3.8) is 0 Å². The van der Waals surface area contributed by atoms with Gasteiger partial charge >= 0.3 is 11.9 Å². The van der Waals surface area contributed by atoms with Crippen LogP contribution >= 0.6 is 0 Å². The minimum Gasteiger partial charge on any atom is -0.481 e. The van der Waals surface area contributed by atoms with Crippen LogP contribution < -0.4 is 0 Å². The number of carboxylic acids is 1. The fourth-order valence-electron chi connectivity index (χ4n) is 13.2. The van der Waals surface area contributed by atoms with E-state index in [1.165, 1.54) is 31.3 Å². The second kappa shape index (κ2) is 12.5. The van der Waals surface area contributed by atoms with Gasteiger partial charge in [-0.2, -0.15) is 0 Å². The third-order valence-electron chi connectivity index (χ3n) is 15.5. The van der Waals surface area contributed by atoms with Crippen molar-refractivity contribution in [3.05, 3.63) is 11.1 Å². The molecule has 7 heteroatoms. The van der Waals surface area contributed by atoms with Crippen molar-refractivity contribution in [2.75, 3.05) is 19.6 Å². The molecule has 6 rings (SSSR count). The average molecular weight is 668 g/mol. The Hall–Kier alpha value is -1.73. The maximum absolute atomic E-state index is 13.9. The molecule has 2 N–H and O–H groups in total. The van der Waals surface area contributed by atoms with Gasteiger partial charge < -0.3 is 19.8 Å².